The van der Waals surface area contributed by atoms with E-state index in [4.69, 9.17) is 0 Å². The van der Waals surface area contributed by atoms with Crippen LogP contribution in [0.15, 0.2) is 48.5 Å². The second kappa shape index (κ2) is 16.9. The Morgan fingerprint density at radius 3 is 2.15 bits per heavy atom. The maximum atomic E-state index is 14.6. The van der Waals surface area contributed by atoms with E-state index in [1.807, 2.05) is 81.1 Å². The van der Waals surface area contributed by atoms with Crippen LogP contribution < -0.4 is 0 Å². The number of hydrogen-bond donors (Lipinski definition) is 1. The molecule has 4 rings (SSSR count). The second-order valence-corrected chi connectivity index (χ2v) is 12.3. The van der Waals surface area contributed by atoms with Crippen molar-refractivity contribution >= 4 is 17.8 Å². The normalized spacial score (nSPS) is 13.8. The van der Waals surface area contributed by atoms with Gasteiger partial charge in [-0.3, -0.25) is 9.59 Å². The Balaban J connectivity index is 1.63. The molecule has 0 bridgehead atoms. The zero-order chi connectivity index (χ0) is 33.1. The minimum atomic E-state index is -0.724. The third-order valence-corrected chi connectivity index (χ3v) is 8.76. The van der Waals surface area contributed by atoms with Gasteiger partial charge >= 0.3 is 6.03 Å². The van der Waals surface area contributed by atoms with Gasteiger partial charge in [0.2, 0.25) is 17.6 Å². The molecule has 0 radical (unpaired) electrons. The number of benzene rings is 2. The number of nitrogens with zero attached hydrogens (tertiary/aromatic N) is 7. The number of piperidine rings is 1. The number of amides is 4. The van der Waals surface area contributed by atoms with Crippen molar-refractivity contribution in [1.82, 2.24) is 40.2 Å². The van der Waals surface area contributed by atoms with E-state index < -0.39 is 6.04 Å². The van der Waals surface area contributed by atoms with E-state index >= 15 is 0 Å². The molecule has 3 aromatic rings. The third kappa shape index (κ3) is 8.50. The van der Waals surface area contributed by atoms with Gasteiger partial charge in [-0.15, -0.1) is 10.2 Å². The van der Waals surface area contributed by atoms with Gasteiger partial charge in [0.1, 0.15) is 12.6 Å². The van der Waals surface area contributed by atoms with Crippen LogP contribution in [0.2, 0.25) is 0 Å². The summed E-state index contributed by atoms with van der Waals surface area (Å²) in [6, 6.07) is 15.0. The molecule has 1 unspecified atom stereocenters. The number of H-pyrrole nitrogens is 1. The van der Waals surface area contributed by atoms with Gasteiger partial charge in [-0.2, -0.15) is 5.21 Å². The van der Waals surface area contributed by atoms with Gasteiger partial charge in [-0.1, -0.05) is 75.7 Å². The van der Waals surface area contributed by atoms with Crippen LogP contribution >= 0.6 is 0 Å². The van der Waals surface area contributed by atoms with Crippen molar-refractivity contribution in [2.45, 2.75) is 79.3 Å². The first-order valence-electron chi connectivity index (χ1n) is 16.8. The summed E-state index contributed by atoms with van der Waals surface area (Å²) in [5.41, 5.74) is 3.81. The number of aromatic amines is 1. The molecular weight excluding hydrogens is 580 g/mol. The molecule has 1 aliphatic rings. The van der Waals surface area contributed by atoms with Crippen LogP contribution in [0, 0.1) is 5.92 Å². The van der Waals surface area contributed by atoms with Crippen molar-refractivity contribution in [3.8, 4) is 22.5 Å². The Morgan fingerprint density at radius 2 is 1.57 bits per heavy atom. The fourth-order valence-corrected chi connectivity index (χ4v) is 6.18. The highest BCUT2D eigenvalue weighted by molar-refractivity contribution is 5.91. The van der Waals surface area contributed by atoms with Crippen LogP contribution in [-0.4, -0.2) is 103 Å². The highest BCUT2D eigenvalue weighted by atomic mass is 16.2. The standard InChI is InChI=1S/C35H50N8O3/c1-6-9-21-42(24-27-17-19-28(20-18-27)29-15-11-12-16-30(29)33-36-38-39-37-33)35(46)43(25-31(44)40(7-2)8-3)32(26(4)5)34(45)41-22-13-10-14-23-41/h11-12,15-20,26,32H,6-10,13-14,21-25H2,1-5H3,(H,36,37,38,39). The lowest BCUT2D eigenvalue weighted by Gasteiger charge is -2.40. The van der Waals surface area contributed by atoms with E-state index in [0.29, 0.717) is 45.1 Å². The number of tetrazole rings is 1. The topological polar surface area (TPSA) is 119 Å². The molecule has 46 heavy (non-hydrogen) atoms. The molecule has 1 atom stereocenters. The monoisotopic (exact) mass is 630 g/mol. The Morgan fingerprint density at radius 1 is 0.891 bits per heavy atom. The minimum Gasteiger partial charge on any atom is -0.342 e. The van der Waals surface area contributed by atoms with E-state index in [1.165, 1.54) is 0 Å². The van der Waals surface area contributed by atoms with E-state index in [-0.39, 0.29) is 30.3 Å². The lowest BCUT2D eigenvalue weighted by atomic mass is 9.98. The van der Waals surface area contributed by atoms with E-state index in [9.17, 15) is 14.4 Å². The molecule has 1 N–H and O–H groups in total. The SMILES string of the molecule is CCCCN(Cc1ccc(-c2ccccc2-c2nn[nH]n2)cc1)C(=O)N(CC(=O)N(CC)CC)C(C(=O)N1CCCCC1)C(C)C. The molecule has 0 aliphatic carbocycles. The van der Waals surface area contributed by atoms with Crippen molar-refractivity contribution in [1.29, 1.82) is 0 Å². The average Bonchev–Trinajstić information content (AvgIpc) is 3.62. The number of nitrogens with one attached hydrogen (secondary N) is 1. The number of carbonyl (C=O) groups is 3. The lowest BCUT2D eigenvalue weighted by Crippen LogP contribution is -2.59. The summed E-state index contributed by atoms with van der Waals surface area (Å²) >= 11 is 0. The summed E-state index contributed by atoms with van der Waals surface area (Å²) in [5.74, 6) is 0.162. The maximum absolute atomic E-state index is 14.6. The number of unbranched alkanes of at least 4 members (excludes halogenated alkanes) is 1. The van der Waals surface area contributed by atoms with E-state index in [2.05, 4.69) is 27.5 Å². The van der Waals surface area contributed by atoms with Crippen molar-refractivity contribution in [3.05, 3.63) is 54.1 Å². The number of likely N-dealkylation sites (tertiary alicyclic amines) is 1. The van der Waals surface area contributed by atoms with Crippen molar-refractivity contribution in [2.24, 2.45) is 5.92 Å². The number of likely N-dealkylation sites (N-methyl/N-ethyl adjacent to an activating group) is 1. The zero-order valence-electron chi connectivity index (χ0n) is 28.1. The lowest BCUT2D eigenvalue weighted by molar-refractivity contribution is -0.140. The number of hydrogen-bond acceptors (Lipinski definition) is 6. The first-order chi connectivity index (χ1) is 22.3. The van der Waals surface area contributed by atoms with Crippen molar-refractivity contribution < 1.29 is 14.4 Å². The minimum absolute atomic E-state index is 0.0598. The highest BCUT2D eigenvalue weighted by Crippen LogP contribution is 2.30. The van der Waals surface area contributed by atoms with E-state index in [0.717, 1.165) is 54.4 Å². The largest absolute Gasteiger partial charge is 0.342 e. The molecule has 1 saturated heterocycles. The molecule has 0 spiro atoms. The fraction of sp³-hybridized carbons (Fsp3) is 0.543. The van der Waals surface area contributed by atoms with Crippen molar-refractivity contribution in [3.63, 3.8) is 0 Å². The Labute approximate surface area is 273 Å². The fourth-order valence-electron chi connectivity index (χ4n) is 6.18. The molecule has 2 heterocycles. The van der Waals surface area contributed by atoms with Crippen LogP contribution in [-0.2, 0) is 16.1 Å². The van der Waals surface area contributed by atoms with Gasteiger partial charge in [0, 0.05) is 44.8 Å². The first-order valence-corrected chi connectivity index (χ1v) is 16.8. The summed E-state index contributed by atoms with van der Waals surface area (Å²) < 4.78 is 0. The summed E-state index contributed by atoms with van der Waals surface area (Å²) in [6.45, 7) is 13.1. The summed E-state index contributed by atoms with van der Waals surface area (Å²) in [4.78, 5) is 49.1. The Hall–Kier alpha value is -4.28. The molecule has 0 saturated carbocycles. The summed E-state index contributed by atoms with van der Waals surface area (Å²) in [5, 5.41) is 14.5. The van der Waals surface area contributed by atoms with Crippen LogP contribution in [0.1, 0.15) is 72.3 Å². The Kier molecular flexibility index (Phi) is 12.7. The van der Waals surface area contributed by atoms with Gasteiger partial charge in [0.15, 0.2) is 0 Å². The number of aromatic nitrogens is 4. The predicted molar refractivity (Wildman–Crippen MR) is 179 cm³/mol. The van der Waals surface area contributed by atoms with Crippen LogP contribution in [0.4, 0.5) is 4.79 Å². The third-order valence-electron chi connectivity index (χ3n) is 8.76. The number of urea groups is 1. The molecule has 1 aliphatic heterocycles. The summed E-state index contributed by atoms with van der Waals surface area (Å²) in [6.07, 6.45) is 4.74. The Bertz CT molecular complexity index is 1400. The highest BCUT2D eigenvalue weighted by Gasteiger charge is 2.39. The summed E-state index contributed by atoms with van der Waals surface area (Å²) in [7, 11) is 0. The molecule has 2 aromatic carbocycles. The van der Waals surface area contributed by atoms with Crippen LogP contribution in [0.25, 0.3) is 22.5 Å². The van der Waals surface area contributed by atoms with Gasteiger partial charge in [0.05, 0.1) is 0 Å². The molecule has 11 heteroatoms. The van der Waals surface area contributed by atoms with Gasteiger partial charge < -0.3 is 19.6 Å². The molecule has 248 valence electrons. The molecule has 1 fully saturated rings. The van der Waals surface area contributed by atoms with Gasteiger partial charge in [-0.05, 0) is 67.4 Å². The van der Waals surface area contributed by atoms with Crippen molar-refractivity contribution in [2.75, 3.05) is 39.3 Å². The average molecular weight is 631 g/mol. The second-order valence-electron chi connectivity index (χ2n) is 12.3. The molecule has 1 aromatic heterocycles. The quantitative estimate of drug-likeness (QED) is 0.253. The van der Waals surface area contributed by atoms with Gasteiger partial charge in [-0.25, -0.2) is 4.79 Å². The maximum Gasteiger partial charge on any atom is 0.321 e. The zero-order valence-corrected chi connectivity index (χ0v) is 28.1. The van der Waals surface area contributed by atoms with Crippen LogP contribution in [0.3, 0.4) is 0 Å². The number of carbonyl (C=O) groups excluding carboxylic acids is 3. The molecule has 11 nitrogen and oxygen atoms in total. The predicted octanol–water partition coefficient (Wildman–Crippen LogP) is 5.46. The molecular formula is C35H50N8O3. The molecule has 4 amide bonds. The van der Waals surface area contributed by atoms with Crippen LogP contribution in [0.5, 0.6) is 0 Å². The smallest absolute Gasteiger partial charge is 0.321 e. The first kappa shape index (κ1) is 34.6. The van der Waals surface area contributed by atoms with E-state index in [1.54, 1.807) is 14.7 Å². The van der Waals surface area contributed by atoms with Gasteiger partial charge in [0.25, 0.3) is 0 Å². The number of rotatable bonds is 14.